The largest absolute Gasteiger partial charge is 0.463 e. The molecule has 2 N–H and O–H groups in total. The molecule has 1 aromatic rings. The smallest absolute Gasteiger partial charge is 0.303 e. The molecule has 0 radical (unpaired) electrons. The molecule has 1 heterocycles. The van der Waals surface area contributed by atoms with E-state index in [9.17, 15) is 19.2 Å². The first-order valence-electron chi connectivity index (χ1n) is 10.1. The number of thiocarbonyl (C=S) groups is 1. The van der Waals surface area contributed by atoms with Crippen molar-refractivity contribution in [2.75, 3.05) is 11.9 Å². The molecule has 186 valence electrons. The van der Waals surface area contributed by atoms with Gasteiger partial charge in [0.15, 0.2) is 29.7 Å². The summed E-state index contributed by atoms with van der Waals surface area (Å²) < 4.78 is 27.0. The summed E-state index contributed by atoms with van der Waals surface area (Å²) in [4.78, 5) is 46.8. The van der Waals surface area contributed by atoms with Gasteiger partial charge in [0.2, 0.25) is 0 Å². The standard InChI is InChI=1S/C21H25ClN2O9S/c1-10(25)29-9-16-17(30-11(2)26)18(31-12(3)27)19(32-13(4)28)20(33-16)24-21(34)23-15-7-5-14(22)6-8-15/h5-8,16-20H,9H2,1-4H3,(H2,23,24,34)/t16-,17-,18+,19-,20-/m1/s1. The fraction of sp³-hybridized carbons (Fsp3) is 0.476. The van der Waals surface area contributed by atoms with Crippen molar-refractivity contribution in [2.24, 2.45) is 0 Å². The van der Waals surface area contributed by atoms with Gasteiger partial charge in [0.1, 0.15) is 12.7 Å². The minimum Gasteiger partial charge on any atom is -0.463 e. The normalized spacial score (nSPS) is 23.7. The van der Waals surface area contributed by atoms with Crippen molar-refractivity contribution in [3.8, 4) is 0 Å². The van der Waals surface area contributed by atoms with Crippen molar-refractivity contribution in [3.05, 3.63) is 29.3 Å². The van der Waals surface area contributed by atoms with E-state index in [0.29, 0.717) is 10.7 Å². The van der Waals surface area contributed by atoms with Crippen LogP contribution in [0.5, 0.6) is 0 Å². The number of halogens is 1. The molecule has 11 nitrogen and oxygen atoms in total. The highest BCUT2D eigenvalue weighted by molar-refractivity contribution is 7.80. The molecule has 0 aromatic heterocycles. The average molecular weight is 517 g/mol. The Kier molecular flexibility index (Phi) is 10.0. The Bertz CT molecular complexity index is 927. The second-order valence-corrected chi connectivity index (χ2v) is 8.07. The van der Waals surface area contributed by atoms with E-state index in [2.05, 4.69) is 10.6 Å². The van der Waals surface area contributed by atoms with E-state index < -0.39 is 54.5 Å². The molecule has 1 aromatic carbocycles. The molecular weight excluding hydrogens is 492 g/mol. The van der Waals surface area contributed by atoms with Crippen molar-refractivity contribution >= 4 is 58.5 Å². The number of hydrogen-bond acceptors (Lipinski definition) is 10. The van der Waals surface area contributed by atoms with E-state index in [-0.39, 0.29) is 11.7 Å². The summed E-state index contributed by atoms with van der Waals surface area (Å²) in [6.45, 7) is 4.28. The zero-order valence-corrected chi connectivity index (χ0v) is 20.4. The summed E-state index contributed by atoms with van der Waals surface area (Å²) in [6, 6.07) is 6.68. The summed E-state index contributed by atoms with van der Waals surface area (Å²) in [5, 5.41) is 6.37. The van der Waals surface area contributed by atoms with Gasteiger partial charge in [-0.05, 0) is 36.5 Å². The molecule has 0 aliphatic carbocycles. The summed E-state index contributed by atoms with van der Waals surface area (Å²) >= 11 is 11.2. The second-order valence-electron chi connectivity index (χ2n) is 7.23. The summed E-state index contributed by atoms with van der Waals surface area (Å²) in [5.74, 6) is -2.77. The maximum Gasteiger partial charge on any atom is 0.303 e. The third-order valence-corrected chi connectivity index (χ3v) is 4.84. The quantitative estimate of drug-likeness (QED) is 0.310. The molecule has 2 rings (SSSR count). The molecule has 0 spiro atoms. The Morgan fingerprint density at radius 2 is 1.41 bits per heavy atom. The van der Waals surface area contributed by atoms with Crippen LogP contribution in [-0.4, -0.2) is 66.2 Å². The maximum absolute atomic E-state index is 11.8. The SMILES string of the molecule is CC(=O)OC[C@H]1O[C@@H](NC(=S)Nc2ccc(Cl)cc2)[C@H](OC(C)=O)[C@@H](OC(C)=O)[C@@H]1OC(C)=O. The fourth-order valence-electron chi connectivity index (χ4n) is 3.17. The van der Waals surface area contributed by atoms with E-state index in [4.69, 9.17) is 47.5 Å². The van der Waals surface area contributed by atoms with E-state index in [1.54, 1.807) is 24.3 Å². The lowest BCUT2D eigenvalue weighted by atomic mass is 9.97. The van der Waals surface area contributed by atoms with Gasteiger partial charge >= 0.3 is 23.9 Å². The predicted molar refractivity (Wildman–Crippen MR) is 123 cm³/mol. The predicted octanol–water partition coefficient (Wildman–Crippen LogP) is 1.71. The van der Waals surface area contributed by atoms with Gasteiger partial charge in [-0.2, -0.15) is 0 Å². The number of carbonyl (C=O) groups excluding carboxylic acids is 4. The first kappa shape index (κ1) is 27.3. The lowest BCUT2D eigenvalue weighted by Gasteiger charge is -2.44. The zero-order valence-electron chi connectivity index (χ0n) is 18.9. The number of benzene rings is 1. The van der Waals surface area contributed by atoms with Crippen molar-refractivity contribution in [3.63, 3.8) is 0 Å². The summed E-state index contributed by atoms with van der Waals surface area (Å²) in [7, 11) is 0. The van der Waals surface area contributed by atoms with Gasteiger partial charge in [-0.3, -0.25) is 19.2 Å². The molecule has 0 saturated carbocycles. The molecule has 0 bridgehead atoms. The maximum atomic E-state index is 11.8. The van der Waals surface area contributed by atoms with Gasteiger partial charge in [-0.1, -0.05) is 11.6 Å². The van der Waals surface area contributed by atoms with Crippen molar-refractivity contribution in [1.82, 2.24) is 5.32 Å². The highest BCUT2D eigenvalue weighted by atomic mass is 35.5. The van der Waals surface area contributed by atoms with Gasteiger partial charge in [0.05, 0.1) is 0 Å². The third-order valence-electron chi connectivity index (χ3n) is 4.37. The number of rotatable bonds is 7. The number of nitrogens with one attached hydrogen (secondary N) is 2. The van der Waals surface area contributed by atoms with Crippen molar-refractivity contribution < 1.29 is 42.9 Å². The van der Waals surface area contributed by atoms with Gasteiger partial charge in [-0.15, -0.1) is 0 Å². The van der Waals surface area contributed by atoms with Crippen LogP contribution in [0.1, 0.15) is 27.7 Å². The van der Waals surface area contributed by atoms with Crippen LogP contribution >= 0.6 is 23.8 Å². The van der Waals surface area contributed by atoms with Crippen molar-refractivity contribution in [1.29, 1.82) is 0 Å². The van der Waals surface area contributed by atoms with E-state index in [1.165, 1.54) is 6.92 Å². The molecule has 13 heteroatoms. The Morgan fingerprint density at radius 3 is 1.94 bits per heavy atom. The highest BCUT2D eigenvalue weighted by Gasteiger charge is 2.52. The third kappa shape index (κ3) is 8.43. The lowest BCUT2D eigenvalue weighted by molar-refractivity contribution is -0.254. The van der Waals surface area contributed by atoms with Crippen molar-refractivity contribution in [2.45, 2.75) is 58.3 Å². The minimum absolute atomic E-state index is 0.0724. The molecule has 0 amide bonds. The molecule has 1 saturated heterocycles. The van der Waals surface area contributed by atoms with Crippen LogP contribution < -0.4 is 10.6 Å². The van der Waals surface area contributed by atoms with Crippen LogP contribution in [0, 0.1) is 0 Å². The zero-order chi connectivity index (χ0) is 25.4. The van der Waals surface area contributed by atoms with Crippen LogP contribution in [0.3, 0.4) is 0 Å². The highest BCUT2D eigenvalue weighted by Crippen LogP contribution is 2.28. The Balaban J connectivity index is 2.35. The first-order valence-corrected chi connectivity index (χ1v) is 10.9. The molecule has 1 fully saturated rings. The monoisotopic (exact) mass is 516 g/mol. The van der Waals surface area contributed by atoms with E-state index >= 15 is 0 Å². The molecule has 1 aliphatic heterocycles. The number of hydrogen-bond donors (Lipinski definition) is 2. The van der Waals surface area contributed by atoms with E-state index in [0.717, 1.165) is 20.8 Å². The fourth-order valence-corrected chi connectivity index (χ4v) is 3.53. The molecule has 34 heavy (non-hydrogen) atoms. The van der Waals surface area contributed by atoms with Crippen LogP contribution in [0.15, 0.2) is 24.3 Å². The van der Waals surface area contributed by atoms with Gasteiger partial charge in [0.25, 0.3) is 0 Å². The summed E-state index contributed by atoms with van der Waals surface area (Å²) in [5.41, 5.74) is 0.604. The van der Waals surface area contributed by atoms with Gasteiger partial charge in [-0.25, -0.2) is 0 Å². The molecule has 5 atom stereocenters. The number of carbonyl (C=O) groups is 4. The topological polar surface area (TPSA) is 138 Å². The Morgan fingerprint density at radius 1 is 0.882 bits per heavy atom. The Labute approximate surface area is 206 Å². The van der Waals surface area contributed by atoms with Gasteiger partial charge in [0, 0.05) is 38.4 Å². The molecular formula is C21H25ClN2O9S. The van der Waals surface area contributed by atoms with Gasteiger partial charge < -0.3 is 34.3 Å². The first-order chi connectivity index (χ1) is 16.0. The number of esters is 4. The Hall–Kier alpha value is -2.96. The lowest BCUT2D eigenvalue weighted by Crippen LogP contribution is -2.66. The summed E-state index contributed by atoms with van der Waals surface area (Å²) in [6.07, 6.45) is -6.08. The van der Waals surface area contributed by atoms with E-state index in [1.807, 2.05) is 0 Å². The minimum atomic E-state index is -1.30. The van der Waals surface area contributed by atoms with Crippen LogP contribution in [0.25, 0.3) is 0 Å². The second kappa shape index (κ2) is 12.5. The van der Waals surface area contributed by atoms with Crippen LogP contribution in [0.4, 0.5) is 5.69 Å². The molecule has 0 unspecified atom stereocenters. The van der Waals surface area contributed by atoms with Crippen LogP contribution in [-0.2, 0) is 42.9 Å². The average Bonchev–Trinajstić information content (AvgIpc) is 2.71. The molecule has 1 aliphatic rings. The van der Waals surface area contributed by atoms with Crippen LogP contribution in [0.2, 0.25) is 5.02 Å². The number of ether oxygens (including phenoxy) is 5. The number of anilines is 1.